The lowest BCUT2D eigenvalue weighted by molar-refractivity contribution is -0.918. The number of hydrogen-bond donors (Lipinski definition) is 2. The summed E-state index contributed by atoms with van der Waals surface area (Å²) in [7, 11) is 3.91. The van der Waals surface area contributed by atoms with Crippen LogP contribution in [0.25, 0.3) is 0 Å². The zero-order valence-corrected chi connectivity index (χ0v) is 22.8. The van der Waals surface area contributed by atoms with Gasteiger partial charge in [0.25, 0.3) is 0 Å². The molecular formula is C32H45N2O3+. The van der Waals surface area contributed by atoms with Gasteiger partial charge in [0.05, 0.1) is 27.2 Å². The molecule has 2 aliphatic rings. The van der Waals surface area contributed by atoms with Crippen LogP contribution < -0.4 is 10.1 Å². The van der Waals surface area contributed by atoms with Crippen LogP contribution in [0.4, 0.5) is 0 Å². The number of ether oxygens (including phenoxy) is 1. The summed E-state index contributed by atoms with van der Waals surface area (Å²) < 4.78 is 6.35. The van der Waals surface area contributed by atoms with E-state index in [1.165, 1.54) is 5.56 Å². The van der Waals surface area contributed by atoms with E-state index in [1.807, 2.05) is 24.3 Å². The highest BCUT2D eigenvalue weighted by atomic mass is 16.5. The van der Waals surface area contributed by atoms with Crippen molar-refractivity contribution in [3.63, 3.8) is 0 Å². The summed E-state index contributed by atoms with van der Waals surface area (Å²) in [5.74, 6) is 0.948. The maximum Gasteiger partial charge on any atom is 0.220 e. The van der Waals surface area contributed by atoms with Gasteiger partial charge in [-0.2, -0.15) is 0 Å². The molecule has 1 aliphatic carbocycles. The minimum absolute atomic E-state index is 0.0690. The second kappa shape index (κ2) is 11.8. The number of likely N-dealkylation sites (tertiary alicyclic amines) is 1. The van der Waals surface area contributed by atoms with Crippen molar-refractivity contribution < 1.29 is 19.1 Å². The van der Waals surface area contributed by atoms with E-state index in [1.54, 1.807) is 7.11 Å². The van der Waals surface area contributed by atoms with Crippen molar-refractivity contribution in [1.29, 1.82) is 0 Å². The Bertz CT molecular complexity index is 1060. The van der Waals surface area contributed by atoms with Gasteiger partial charge in [-0.05, 0) is 67.9 Å². The Morgan fingerprint density at radius 1 is 1.16 bits per heavy atom. The van der Waals surface area contributed by atoms with Crippen LogP contribution in [0.1, 0.15) is 62.5 Å². The molecule has 1 saturated heterocycles. The molecule has 5 heteroatoms. The maximum absolute atomic E-state index is 12.9. The fourth-order valence-electron chi connectivity index (χ4n) is 6.88. The van der Waals surface area contributed by atoms with Crippen LogP contribution in [0, 0.1) is 0 Å². The predicted molar refractivity (Wildman–Crippen MR) is 150 cm³/mol. The molecule has 5 nitrogen and oxygen atoms in total. The second-order valence-corrected chi connectivity index (χ2v) is 11.6. The minimum atomic E-state index is -0.839. The third-order valence-corrected chi connectivity index (χ3v) is 8.88. The van der Waals surface area contributed by atoms with Crippen LogP contribution in [-0.4, -0.2) is 60.9 Å². The third-order valence-electron chi connectivity index (χ3n) is 8.88. The number of rotatable bonds is 11. The Labute approximate surface area is 223 Å². The largest absolute Gasteiger partial charge is 0.497 e. The van der Waals surface area contributed by atoms with Crippen molar-refractivity contribution >= 4 is 5.91 Å². The first kappa shape index (κ1) is 27.4. The molecule has 0 bridgehead atoms. The van der Waals surface area contributed by atoms with Crippen LogP contribution in [-0.2, 0) is 16.6 Å². The van der Waals surface area contributed by atoms with Crippen LogP contribution in [0.5, 0.6) is 5.75 Å². The Balaban J connectivity index is 1.41. The number of nitrogens with one attached hydrogen (secondary N) is 1. The fourth-order valence-corrected chi connectivity index (χ4v) is 6.88. The zero-order chi connectivity index (χ0) is 26.4. The molecule has 0 spiro atoms. The number of fused-ring (bicyclic) bond motifs is 1. The molecule has 2 aromatic carbocycles. The summed E-state index contributed by atoms with van der Waals surface area (Å²) in [6.45, 7) is 6.47. The average Bonchev–Trinajstić information content (AvgIpc) is 2.89. The summed E-state index contributed by atoms with van der Waals surface area (Å²) >= 11 is 0. The van der Waals surface area contributed by atoms with E-state index in [9.17, 15) is 9.90 Å². The normalized spacial score (nSPS) is 29.2. The fraction of sp³-hybridized carbons (Fsp3) is 0.531. The van der Waals surface area contributed by atoms with Gasteiger partial charge in [-0.25, -0.2) is 0 Å². The number of nitrogens with zero attached hydrogens (tertiary/aromatic N) is 1. The van der Waals surface area contributed by atoms with E-state index in [2.05, 4.69) is 55.3 Å². The highest BCUT2D eigenvalue weighted by Gasteiger charge is 2.61. The number of carbonyl (C=O) groups is 1. The van der Waals surface area contributed by atoms with Crippen LogP contribution in [0.2, 0.25) is 0 Å². The van der Waals surface area contributed by atoms with Crippen molar-refractivity contribution in [1.82, 2.24) is 5.32 Å². The summed E-state index contributed by atoms with van der Waals surface area (Å²) in [4.78, 5) is 12.9. The van der Waals surface area contributed by atoms with E-state index in [-0.39, 0.29) is 11.9 Å². The monoisotopic (exact) mass is 505 g/mol. The molecule has 0 aromatic heterocycles. The molecule has 1 amide bonds. The van der Waals surface area contributed by atoms with Crippen LogP contribution in [0.15, 0.2) is 67.3 Å². The first-order valence-corrected chi connectivity index (χ1v) is 14.0. The third kappa shape index (κ3) is 6.27. The predicted octanol–water partition coefficient (Wildman–Crippen LogP) is 5.17. The van der Waals surface area contributed by atoms with Crippen LogP contribution >= 0.6 is 0 Å². The lowest BCUT2D eigenvalue weighted by atomic mass is 9.55. The Morgan fingerprint density at radius 3 is 2.73 bits per heavy atom. The van der Waals surface area contributed by atoms with Crippen molar-refractivity contribution in [2.75, 3.05) is 33.8 Å². The maximum atomic E-state index is 12.9. The van der Waals surface area contributed by atoms with Gasteiger partial charge in [-0.3, -0.25) is 4.79 Å². The number of methoxy groups -OCH3 is 1. The van der Waals surface area contributed by atoms with E-state index >= 15 is 0 Å². The van der Waals surface area contributed by atoms with Crippen molar-refractivity contribution in [2.45, 2.75) is 74.8 Å². The number of quaternary nitrogens is 1. The number of piperidine rings is 1. The summed E-state index contributed by atoms with van der Waals surface area (Å²) in [6, 6.07) is 18.8. The lowest BCUT2D eigenvalue weighted by Gasteiger charge is -2.59. The zero-order valence-electron chi connectivity index (χ0n) is 22.8. The van der Waals surface area contributed by atoms with Crippen LogP contribution in [0.3, 0.4) is 0 Å². The van der Waals surface area contributed by atoms with Gasteiger partial charge < -0.3 is 19.6 Å². The van der Waals surface area contributed by atoms with Gasteiger partial charge in [-0.15, -0.1) is 0 Å². The lowest BCUT2D eigenvalue weighted by Crippen LogP contribution is -2.71. The van der Waals surface area contributed by atoms with E-state index in [0.717, 1.165) is 73.8 Å². The smallest absolute Gasteiger partial charge is 0.220 e. The Kier molecular flexibility index (Phi) is 8.76. The number of unbranched alkanes of at least 4 members (excludes halogenated alkanes) is 2. The molecule has 1 aliphatic heterocycles. The molecule has 200 valence electrons. The van der Waals surface area contributed by atoms with E-state index in [0.29, 0.717) is 19.4 Å². The topological polar surface area (TPSA) is 58.6 Å². The number of aryl methyl sites for hydroxylation is 1. The molecule has 2 N–H and O–H groups in total. The molecule has 1 saturated carbocycles. The summed E-state index contributed by atoms with van der Waals surface area (Å²) in [5.41, 5.74) is 1.24. The minimum Gasteiger partial charge on any atom is -0.497 e. The quantitative estimate of drug-likeness (QED) is 0.252. The number of benzene rings is 2. The number of amides is 1. The molecule has 1 heterocycles. The molecule has 4 atom stereocenters. The van der Waals surface area contributed by atoms with Gasteiger partial charge in [-0.1, -0.05) is 55.5 Å². The highest BCUT2D eigenvalue weighted by molar-refractivity contribution is 5.76. The summed E-state index contributed by atoms with van der Waals surface area (Å²) in [5, 5.41) is 15.6. The van der Waals surface area contributed by atoms with Gasteiger partial charge in [0.2, 0.25) is 5.91 Å². The number of aliphatic hydroxyl groups is 1. The van der Waals surface area contributed by atoms with E-state index < -0.39 is 11.0 Å². The first-order chi connectivity index (χ1) is 17.8. The number of likely N-dealkylation sites (N-methyl/N-ethyl adjacent to an activating group) is 1. The molecule has 2 fully saturated rings. The van der Waals surface area contributed by atoms with Gasteiger partial charge in [0, 0.05) is 24.3 Å². The van der Waals surface area contributed by atoms with Crippen molar-refractivity contribution in [2.24, 2.45) is 0 Å². The number of carbonyl (C=O) groups excluding carboxylic acids is 1. The molecule has 1 unspecified atom stereocenters. The Morgan fingerprint density at radius 2 is 1.97 bits per heavy atom. The standard InChI is InChI=1S/C32H44N2O3/c1-4-21-34(2)22-20-31(27-15-11-16-29(23-27)37-3)24-28(18-19-32(31,36)25-34)33-30(35)17-10-6-9-14-26-12-7-5-8-13-26/h4-5,7-8,11-13,15-16,23,28,36H,1,6,9-10,14,17-22,24-25H2,2-3H3/p+1/t28-,31-,32?,34-/m0/s1. The summed E-state index contributed by atoms with van der Waals surface area (Å²) in [6.07, 6.45) is 9.77. The Hall–Kier alpha value is -2.63. The number of hydrogen-bond acceptors (Lipinski definition) is 3. The molecular weight excluding hydrogens is 460 g/mol. The first-order valence-electron chi connectivity index (χ1n) is 14.0. The average molecular weight is 506 g/mol. The van der Waals surface area contributed by atoms with Crippen molar-refractivity contribution in [3.8, 4) is 5.75 Å². The molecule has 0 radical (unpaired) electrons. The van der Waals surface area contributed by atoms with Crippen molar-refractivity contribution in [3.05, 3.63) is 78.4 Å². The van der Waals surface area contributed by atoms with Gasteiger partial charge in [0.1, 0.15) is 17.9 Å². The van der Waals surface area contributed by atoms with Gasteiger partial charge >= 0.3 is 0 Å². The molecule has 4 rings (SSSR count). The highest BCUT2D eigenvalue weighted by Crippen LogP contribution is 2.53. The SMILES string of the molecule is C=CC[N@@+]1(C)CC[C@@]2(c3cccc(OC)c3)C[C@@H](NC(=O)CCCCCc3ccccc3)CCC2(O)C1. The second-order valence-electron chi connectivity index (χ2n) is 11.6. The van der Waals surface area contributed by atoms with E-state index in [4.69, 9.17) is 4.74 Å². The molecule has 37 heavy (non-hydrogen) atoms. The van der Waals surface area contributed by atoms with Gasteiger partial charge in [0.15, 0.2) is 0 Å². The molecule has 2 aromatic rings.